The molecule has 0 spiro atoms. The first-order chi connectivity index (χ1) is 14.0. The van der Waals surface area contributed by atoms with Gasteiger partial charge in [0.25, 0.3) is 0 Å². The molecular weight excluding hydrogens is 507 g/mol. The van der Waals surface area contributed by atoms with Crippen LogP contribution in [0.4, 0.5) is 0 Å². The zero-order chi connectivity index (χ0) is 22.2. The van der Waals surface area contributed by atoms with Gasteiger partial charge in [-0.1, -0.05) is 0 Å². The largest absolute Gasteiger partial charge is 1.00 e. The van der Waals surface area contributed by atoms with Crippen molar-refractivity contribution >= 4 is 41.9 Å². The van der Waals surface area contributed by atoms with Gasteiger partial charge in [0.1, 0.15) is 17.0 Å². The van der Waals surface area contributed by atoms with Crippen molar-refractivity contribution < 1.29 is 133 Å². The van der Waals surface area contributed by atoms with E-state index in [0.29, 0.717) is 17.1 Å². The third kappa shape index (κ3) is 9.40. The van der Waals surface area contributed by atoms with Crippen LogP contribution < -0.4 is 104 Å². The van der Waals surface area contributed by atoms with Gasteiger partial charge in [-0.05, 0) is 0 Å². The van der Waals surface area contributed by atoms with Gasteiger partial charge in [-0.25, -0.2) is 0 Å². The first-order valence-electron chi connectivity index (χ1n) is 9.17. The van der Waals surface area contributed by atoms with Gasteiger partial charge in [-0.3, -0.25) is 9.59 Å². The molecule has 0 amide bonds. The second kappa shape index (κ2) is 14.6. The number of hydrogen-bond donors (Lipinski definition) is 1. The summed E-state index contributed by atoms with van der Waals surface area (Å²) in [5.41, 5.74) is -1.09. The van der Waals surface area contributed by atoms with Crippen LogP contribution in [0.15, 0.2) is 23.2 Å². The molecule has 4 rings (SSSR count). The van der Waals surface area contributed by atoms with Crippen molar-refractivity contribution in [3.8, 4) is 0 Å². The first-order valence-corrected chi connectivity index (χ1v) is 9.17. The maximum absolute atomic E-state index is 12.4. The SMILES string of the molecule is Cl.O=C([O-])CC(O)(CC(=O)[O-])C(=O)[O-].O=C1C=C(N2CC2)C(=O)C(N2CC2)=C1N1CC1.[Na+].[Na+].[Na+]. The predicted molar refractivity (Wildman–Crippen MR) is 96.3 cm³/mol. The molecule has 0 aromatic heterocycles. The number of carboxylic acid groups (broad SMARTS) is 3. The quantitative estimate of drug-likeness (QED) is 0.179. The summed E-state index contributed by atoms with van der Waals surface area (Å²) in [7, 11) is 0. The molecule has 0 radical (unpaired) electrons. The van der Waals surface area contributed by atoms with E-state index < -0.39 is 36.4 Å². The van der Waals surface area contributed by atoms with Gasteiger partial charge < -0.3 is 49.5 Å². The van der Waals surface area contributed by atoms with Crippen molar-refractivity contribution in [1.82, 2.24) is 14.7 Å². The summed E-state index contributed by atoms with van der Waals surface area (Å²) < 4.78 is 0. The molecule has 3 aliphatic heterocycles. The normalized spacial score (nSPS) is 17.4. The number of rotatable bonds is 8. The van der Waals surface area contributed by atoms with Gasteiger partial charge in [-0.15, -0.1) is 12.4 Å². The van der Waals surface area contributed by atoms with Crippen molar-refractivity contribution in [2.75, 3.05) is 39.3 Å². The van der Waals surface area contributed by atoms with E-state index in [-0.39, 0.29) is 113 Å². The monoisotopic (exact) mass is 525 g/mol. The molecule has 0 bridgehead atoms. The molecule has 0 aromatic rings. The summed E-state index contributed by atoms with van der Waals surface area (Å²) in [5, 5.41) is 38.9. The van der Waals surface area contributed by atoms with E-state index in [0.717, 1.165) is 39.3 Å². The smallest absolute Gasteiger partial charge is 0.550 e. The fraction of sp³-hybridized carbons (Fsp3) is 0.500. The minimum Gasteiger partial charge on any atom is -0.550 e. The number of nitrogens with zero attached hydrogens (tertiary/aromatic N) is 3. The van der Waals surface area contributed by atoms with E-state index in [1.807, 2.05) is 14.7 Å². The van der Waals surface area contributed by atoms with E-state index in [1.54, 1.807) is 0 Å². The molecule has 0 aromatic carbocycles. The minimum absolute atomic E-state index is 0. The summed E-state index contributed by atoms with van der Waals surface area (Å²) in [5.74, 6) is -5.94. The Labute approximate surface area is 267 Å². The number of carbonyl (C=O) groups excluding carboxylic acids is 5. The second-order valence-electron chi connectivity index (χ2n) is 7.30. The third-order valence-electron chi connectivity index (χ3n) is 4.74. The molecule has 0 saturated carbocycles. The van der Waals surface area contributed by atoms with E-state index >= 15 is 0 Å². The Balaban J connectivity index is 0. The topological polar surface area (TPSA) is 184 Å². The standard InChI is InChI=1S/C12H13N3O2.C6H8O7.ClH.3Na/c16-9-7-8(13-1-2-13)12(17)11(15-5-6-15)10(9)14-3-4-14;7-3(8)1-6(13,5(11)12)2-4(9)10;;;;/h7H,1-6H2;13H,1-2H2,(H,7,8)(H,9,10)(H,11,12);1H;;;/q;;;3*+1/p-3. The summed E-state index contributed by atoms with van der Waals surface area (Å²) >= 11 is 0. The number of hydrogen-bond acceptors (Lipinski definition) is 12. The maximum Gasteiger partial charge on any atom is 1.00 e. The zero-order valence-electron chi connectivity index (χ0n) is 19.2. The van der Waals surface area contributed by atoms with E-state index in [4.69, 9.17) is 5.11 Å². The van der Waals surface area contributed by atoms with Crippen LogP contribution >= 0.6 is 12.4 Å². The molecule has 4 aliphatic rings. The molecule has 170 valence electrons. The molecule has 1 aliphatic carbocycles. The molecule has 3 fully saturated rings. The van der Waals surface area contributed by atoms with Crippen LogP contribution in [0, 0.1) is 0 Å². The summed E-state index contributed by atoms with van der Waals surface area (Å²) in [6.45, 7) is 5.41. The molecule has 16 heteroatoms. The minimum atomic E-state index is -2.97. The first kappa shape index (κ1) is 36.0. The Morgan fingerprint density at radius 3 is 1.50 bits per heavy atom. The van der Waals surface area contributed by atoms with Crippen molar-refractivity contribution in [3.05, 3.63) is 23.2 Å². The third-order valence-corrected chi connectivity index (χ3v) is 4.74. The Bertz CT molecular complexity index is 884. The van der Waals surface area contributed by atoms with Gasteiger partial charge in [-0.2, -0.15) is 0 Å². The number of allylic oxidation sites excluding steroid dienone is 1. The molecule has 0 atom stereocenters. The average molecular weight is 526 g/mol. The van der Waals surface area contributed by atoms with Crippen molar-refractivity contribution in [2.45, 2.75) is 18.4 Å². The molecule has 34 heavy (non-hydrogen) atoms. The Hall–Kier alpha value is -0.120. The molecular formula is C18H19ClN3Na3O9. The Kier molecular flexibility index (Phi) is 15.5. The average Bonchev–Trinajstić information content (AvgIpc) is 3.46. The number of carbonyl (C=O) groups is 5. The molecule has 3 heterocycles. The van der Waals surface area contributed by atoms with Crippen LogP contribution in [0.2, 0.25) is 0 Å². The number of aliphatic hydroxyl groups is 1. The van der Waals surface area contributed by atoms with Crippen molar-refractivity contribution in [3.63, 3.8) is 0 Å². The van der Waals surface area contributed by atoms with Crippen LogP contribution in [-0.4, -0.2) is 94.2 Å². The van der Waals surface area contributed by atoms with Gasteiger partial charge in [0.05, 0.1) is 11.7 Å². The Morgan fingerprint density at radius 1 is 0.794 bits per heavy atom. The summed E-state index contributed by atoms with van der Waals surface area (Å²) in [6, 6.07) is 0. The second-order valence-corrected chi connectivity index (χ2v) is 7.30. The van der Waals surface area contributed by atoms with E-state index in [9.17, 15) is 39.3 Å². The van der Waals surface area contributed by atoms with Crippen LogP contribution in [0.1, 0.15) is 12.8 Å². The van der Waals surface area contributed by atoms with Gasteiger partial charge >= 0.3 is 88.7 Å². The fourth-order valence-corrected chi connectivity index (χ4v) is 2.96. The summed E-state index contributed by atoms with van der Waals surface area (Å²) in [6.07, 6.45) is -1.19. The van der Waals surface area contributed by atoms with Gasteiger partial charge in [0.2, 0.25) is 11.6 Å². The number of ketones is 2. The Morgan fingerprint density at radius 2 is 1.18 bits per heavy atom. The zero-order valence-corrected chi connectivity index (χ0v) is 26.0. The predicted octanol–water partition coefficient (Wildman–Crippen LogP) is -14.6. The number of Topliss-reactive ketones (excluding diaryl/α,β-unsaturated/α-hetero) is 1. The van der Waals surface area contributed by atoms with Gasteiger partial charge in [0.15, 0.2) is 0 Å². The molecule has 3 saturated heterocycles. The number of carboxylic acids is 3. The molecule has 1 N–H and O–H groups in total. The maximum atomic E-state index is 12.4. The van der Waals surface area contributed by atoms with Crippen molar-refractivity contribution in [2.24, 2.45) is 0 Å². The number of aliphatic carboxylic acids is 3. The summed E-state index contributed by atoms with van der Waals surface area (Å²) in [4.78, 5) is 60.5. The van der Waals surface area contributed by atoms with E-state index in [1.165, 1.54) is 6.08 Å². The van der Waals surface area contributed by atoms with Gasteiger partial charge in [0, 0.05) is 70.1 Å². The van der Waals surface area contributed by atoms with Crippen LogP contribution in [-0.2, 0) is 24.0 Å². The molecule has 12 nitrogen and oxygen atoms in total. The van der Waals surface area contributed by atoms with Crippen molar-refractivity contribution in [1.29, 1.82) is 0 Å². The number of halogens is 1. The fourth-order valence-electron chi connectivity index (χ4n) is 2.96. The van der Waals surface area contributed by atoms with E-state index in [2.05, 4.69) is 0 Å². The molecule has 0 unspecified atom stereocenters. The van der Waals surface area contributed by atoms with Crippen LogP contribution in [0.3, 0.4) is 0 Å². The van der Waals surface area contributed by atoms with Crippen LogP contribution in [0.5, 0.6) is 0 Å². The van der Waals surface area contributed by atoms with Crippen LogP contribution in [0.25, 0.3) is 0 Å².